The molecule has 0 heterocycles. The van der Waals surface area contributed by atoms with Gasteiger partial charge in [-0.15, -0.1) is 0 Å². The van der Waals surface area contributed by atoms with Crippen LogP contribution in [0.2, 0.25) is 0 Å². The predicted molar refractivity (Wildman–Crippen MR) is 82.8 cm³/mol. The Balaban J connectivity index is 2.36. The van der Waals surface area contributed by atoms with Crippen LogP contribution in [0.25, 0.3) is 0 Å². The maximum atomic E-state index is 14.4. The van der Waals surface area contributed by atoms with Crippen molar-refractivity contribution in [3.8, 4) is 0 Å². The lowest BCUT2D eigenvalue weighted by molar-refractivity contribution is -0.139. The highest BCUT2D eigenvalue weighted by Gasteiger charge is 2.45. The van der Waals surface area contributed by atoms with Crippen LogP contribution in [0.15, 0.2) is 12.1 Å². The Morgan fingerprint density at radius 3 is 2.19 bits per heavy atom. The number of methoxy groups -OCH3 is 1. The summed E-state index contributed by atoms with van der Waals surface area (Å²) in [5.74, 6) is -0.332. The van der Waals surface area contributed by atoms with Crippen LogP contribution >= 0.6 is 0 Å². The van der Waals surface area contributed by atoms with Gasteiger partial charge < -0.3 is 9.84 Å². The van der Waals surface area contributed by atoms with E-state index in [2.05, 4.69) is 13.8 Å². The zero-order valence-corrected chi connectivity index (χ0v) is 13.8. The Morgan fingerprint density at radius 2 is 1.71 bits per heavy atom. The third kappa shape index (κ3) is 3.14. The van der Waals surface area contributed by atoms with Gasteiger partial charge in [-0.25, -0.2) is 4.39 Å². The molecule has 1 aliphatic rings. The molecule has 0 bridgehead atoms. The van der Waals surface area contributed by atoms with Gasteiger partial charge in [0.2, 0.25) is 0 Å². The quantitative estimate of drug-likeness (QED) is 0.891. The summed E-state index contributed by atoms with van der Waals surface area (Å²) in [4.78, 5) is 0. The van der Waals surface area contributed by atoms with Gasteiger partial charge in [-0.05, 0) is 62.1 Å². The maximum absolute atomic E-state index is 14.4. The van der Waals surface area contributed by atoms with Crippen molar-refractivity contribution in [2.45, 2.75) is 65.1 Å². The number of hydrogen-bond acceptors (Lipinski definition) is 2. The van der Waals surface area contributed by atoms with Gasteiger partial charge >= 0.3 is 0 Å². The molecule has 2 nitrogen and oxygen atoms in total. The Hall–Kier alpha value is -0.930. The number of ether oxygens (including phenoxy) is 1. The molecule has 0 saturated heterocycles. The zero-order chi connectivity index (χ0) is 15.8. The average molecular weight is 294 g/mol. The normalized spacial score (nSPS) is 22.0. The summed E-state index contributed by atoms with van der Waals surface area (Å²) in [5, 5.41) is 10.9. The maximum Gasteiger partial charge on any atom is 0.129 e. The summed E-state index contributed by atoms with van der Waals surface area (Å²) in [6, 6.07) is 3.40. The number of aryl methyl sites for hydroxylation is 2. The van der Waals surface area contributed by atoms with Gasteiger partial charge in [0, 0.05) is 12.7 Å². The summed E-state index contributed by atoms with van der Waals surface area (Å²) in [7, 11) is 1.63. The molecule has 0 amide bonds. The van der Waals surface area contributed by atoms with E-state index >= 15 is 0 Å². The minimum atomic E-state index is -0.917. The van der Waals surface area contributed by atoms with E-state index in [1.54, 1.807) is 7.11 Å². The average Bonchev–Trinajstić information content (AvgIpc) is 2.38. The van der Waals surface area contributed by atoms with Gasteiger partial charge in [0.05, 0.1) is 5.60 Å². The van der Waals surface area contributed by atoms with Gasteiger partial charge in [-0.1, -0.05) is 19.9 Å². The monoisotopic (exact) mass is 294 g/mol. The van der Waals surface area contributed by atoms with Gasteiger partial charge in [0.1, 0.15) is 11.9 Å². The molecule has 1 N–H and O–H groups in total. The number of rotatable bonds is 3. The highest BCUT2D eigenvalue weighted by molar-refractivity contribution is 5.35. The largest absolute Gasteiger partial charge is 0.385 e. The topological polar surface area (TPSA) is 29.5 Å². The molecule has 118 valence electrons. The Labute approximate surface area is 127 Å². The van der Waals surface area contributed by atoms with Crippen LogP contribution in [-0.4, -0.2) is 17.8 Å². The minimum Gasteiger partial charge on any atom is -0.385 e. The van der Waals surface area contributed by atoms with Crippen molar-refractivity contribution in [2.24, 2.45) is 5.41 Å². The fourth-order valence-corrected chi connectivity index (χ4v) is 3.48. The van der Waals surface area contributed by atoms with E-state index in [9.17, 15) is 9.50 Å². The molecule has 1 saturated carbocycles. The van der Waals surface area contributed by atoms with Crippen molar-refractivity contribution in [1.82, 2.24) is 0 Å². The molecule has 1 unspecified atom stereocenters. The second-order valence-electron chi connectivity index (χ2n) is 7.31. The molecule has 0 aromatic heterocycles. The van der Waals surface area contributed by atoms with E-state index < -0.39 is 11.7 Å². The van der Waals surface area contributed by atoms with Gasteiger partial charge in [-0.2, -0.15) is 0 Å². The molecule has 0 spiro atoms. The van der Waals surface area contributed by atoms with Crippen molar-refractivity contribution in [2.75, 3.05) is 7.11 Å². The molecular formula is C18H27FO2. The third-order valence-corrected chi connectivity index (χ3v) is 5.11. The van der Waals surface area contributed by atoms with Crippen molar-refractivity contribution >= 4 is 0 Å². The molecule has 2 rings (SSSR count). The Bertz CT molecular complexity index is 489. The van der Waals surface area contributed by atoms with Gasteiger partial charge in [-0.3, -0.25) is 0 Å². The van der Waals surface area contributed by atoms with Crippen LogP contribution in [0, 0.1) is 25.1 Å². The number of benzene rings is 1. The lowest BCUT2D eigenvalue weighted by atomic mass is 9.68. The lowest BCUT2D eigenvalue weighted by Gasteiger charge is -2.45. The molecule has 1 aliphatic carbocycles. The fourth-order valence-electron chi connectivity index (χ4n) is 3.48. The predicted octanol–water partition coefficient (Wildman–Crippen LogP) is 4.46. The number of aliphatic hydroxyl groups excluding tert-OH is 1. The molecule has 0 aliphatic heterocycles. The van der Waals surface area contributed by atoms with Crippen molar-refractivity contribution in [3.63, 3.8) is 0 Å². The van der Waals surface area contributed by atoms with E-state index in [0.29, 0.717) is 5.56 Å². The Kier molecular flexibility index (Phi) is 4.46. The highest BCUT2D eigenvalue weighted by atomic mass is 19.1. The van der Waals surface area contributed by atoms with E-state index in [-0.39, 0.29) is 11.2 Å². The van der Waals surface area contributed by atoms with Crippen LogP contribution in [-0.2, 0) is 4.74 Å². The summed E-state index contributed by atoms with van der Waals surface area (Å²) >= 11 is 0. The first-order chi connectivity index (χ1) is 9.71. The summed E-state index contributed by atoms with van der Waals surface area (Å²) in [6.45, 7) is 8.18. The first kappa shape index (κ1) is 16.4. The van der Waals surface area contributed by atoms with Crippen molar-refractivity contribution in [3.05, 3.63) is 34.6 Å². The molecule has 3 heteroatoms. The SMILES string of the molecule is COC1(C(O)c2c(C)cc(C)cc2F)CCC(C)(C)CC1. The lowest BCUT2D eigenvalue weighted by Crippen LogP contribution is -2.44. The summed E-state index contributed by atoms with van der Waals surface area (Å²) in [6.07, 6.45) is 2.54. The number of aliphatic hydroxyl groups is 1. The van der Waals surface area contributed by atoms with Gasteiger partial charge in [0.25, 0.3) is 0 Å². The standard InChI is InChI=1S/C18H27FO2/c1-12-10-13(2)15(14(19)11-12)16(20)18(21-5)8-6-17(3,4)7-9-18/h10-11,16,20H,6-9H2,1-5H3. The number of halogens is 1. The molecule has 1 aromatic carbocycles. The Morgan fingerprint density at radius 1 is 1.14 bits per heavy atom. The fraction of sp³-hybridized carbons (Fsp3) is 0.667. The van der Waals surface area contributed by atoms with Crippen LogP contribution in [0.1, 0.15) is 62.3 Å². The molecule has 0 radical (unpaired) electrons. The van der Waals surface area contributed by atoms with Crippen molar-refractivity contribution in [1.29, 1.82) is 0 Å². The molecular weight excluding hydrogens is 267 g/mol. The van der Waals surface area contributed by atoms with Gasteiger partial charge in [0.15, 0.2) is 0 Å². The van der Waals surface area contributed by atoms with E-state index in [4.69, 9.17) is 4.74 Å². The second kappa shape index (κ2) is 5.69. The third-order valence-electron chi connectivity index (χ3n) is 5.11. The first-order valence-electron chi connectivity index (χ1n) is 7.71. The molecule has 1 atom stereocenters. The van der Waals surface area contributed by atoms with Crippen LogP contribution < -0.4 is 0 Å². The summed E-state index contributed by atoms with van der Waals surface area (Å²) < 4.78 is 20.1. The van der Waals surface area contributed by atoms with E-state index in [1.807, 2.05) is 19.9 Å². The molecule has 1 fully saturated rings. The van der Waals surface area contributed by atoms with Crippen molar-refractivity contribution < 1.29 is 14.2 Å². The smallest absolute Gasteiger partial charge is 0.129 e. The first-order valence-corrected chi connectivity index (χ1v) is 7.71. The van der Waals surface area contributed by atoms with Crippen LogP contribution in [0.5, 0.6) is 0 Å². The van der Waals surface area contributed by atoms with Crippen LogP contribution in [0.3, 0.4) is 0 Å². The summed E-state index contributed by atoms with van der Waals surface area (Å²) in [5.41, 5.74) is 1.65. The van der Waals surface area contributed by atoms with Crippen LogP contribution in [0.4, 0.5) is 4.39 Å². The number of hydrogen-bond donors (Lipinski definition) is 1. The highest BCUT2D eigenvalue weighted by Crippen LogP contribution is 2.48. The molecule has 1 aromatic rings. The second-order valence-corrected chi connectivity index (χ2v) is 7.31. The van der Waals surface area contributed by atoms with E-state index in [1.165, 1.54) is 6.07 Å². The molecule has 21 heavy (non-hydrogen) atoms. The zero-order valence-electron chi connectivity index (χ0n) is 13.8. The van der Waals surface area contributed by atoms with E-state index in [0.717, 1.165) is 36.8 Å². The minimum absolute atomic E-state index is 0.266.